The van der Waals surface area contributed by atoms with Crippen molar-refractivity contribution in [3.63, 3.8) is 0 Å². The molecule has 7 heteroatoms. The number of nitrogens with two attached hydrogens (primary N) is 1. The number of nitrogen functional groups attached to an aromatic ring is 1. The first kappa shape index (κ1) is 16.4. The summed E-state index contributed by atoms with van der Waals surface area (Å²) in [5.74, 6) is 0.0662. The maximum absolute atomic E-state index is 11.0. The molecule has 0 saturated carbocycles. The Morgan fingerprint density at radius 2 is 1.84 bits per heavy atom. The van der Waals surface area contributed by atoms with Crippen molar-refractivity contribution >= 4 is 23.1 Å². The maximum atomic E-state index is 11.0. The molecule has 0 aliphatic carbocycles. The van der Waals surface area contributed by atoms with Crippen LogP contribution < -0.4 is 5.73 Å². The number of nitrogens with zero attached hydrogens (tertiary/aromatic N) is 3. The van der Waals surface area contributed by atoms with Crippen LogP contribution >= 0.6 is 11.6 Å². The van der Waals surface area contributed by atoms with E-state index in [4.69, 9.17) is 17.3 Å². The van der Waals surface area contributed by atoms with E-state index < -0.39 is 4.92 Å². The first-order valence-electron chi connectivity index (χ1n) is 7.21. The van der Waals surface area contributed by atoms with Gasteiger partial charge in [-0.3, -0.25) is 10.1 Å². The number of hydrogen-bond donors (Lipinski definition) is 1. The molecule has 0 amide bonds. The van der Waals surface area contributed by atoms with Crippen LogP contribution in [0.25, 0.3) is 22.4 Å². The highest BCUT2D eigenvalue weighted by Gasteiger charge is 2.15. The van der Waals surface area contributed by atoms with Crippen molar-refractivity contribution < 1.29 is 4.92 Å². The molecule has 0 fully saturated rings. The minimum absolute atomic E-state index is 0.0460. The van der Waals surface area contributed by atoms with E-state index in [1.165, 1.54) is 12.1 Å². The van der Waals surface area contributed by atoms with Crippen LogP contribution in [-0.4, -0.2) is 9.91 Å². The van der Waals surface area contributed by atoms with Crippen LogP contribution in [0.5, 0.6) is 0 Å². The lowest BCUT2D eigenvalue weighted by atomic mass is 9.98. The minimum Gasteiger partial charge on any atom is -0.383 e. The summed E-state index contributed by atoms with van der Waals surface area (Å²) >= 11 is 5.91. The standard InChI is InChI=1S/C18H11ClN4O2/c19-13-6-4-11(5-7-13)15-9-17(22-18(21)16(15)10-20)12-2-1-3-14(8-12)23(24)25/h1-9H,(H2,21,22). The zero-order chi connectivity index (χ0) is 18.0. The van der Waals surface area contributed by atoms with E-state index in [1.807, 2.05) is 0 Å². The second-order valence-corrected chi connectivity index (χ2v) is 5.68. The number of pyridine rings is 1. The predicted octanol–water partition coefficient (Wildman–Crippen LogP) is 4.43. The van der Waals surface area contributed by atoms with Crippen molar-refractivity contribution in [2.24, 2.45) is 0 Å². The van der Waals surface area contributed by atoms with E-state index >= 15 is 0 Å². The van der Waals surface area contributed by atoms with Gasteiger partial charge in [0.05, 0.1) is 10.6 Å². The number of hydrogen-bond acceptors (Lipinski definition) is 5. The van der Waals surface area contributed by atoms with Crippen LogP contribution in [0.1, 0.15) is 5.56 Å². The van der Waals surface area contributed by atoms with E-state index in [0.717, 1.165) is 5.56 Å². The van der Waals surface area contributed by atoms with E-state index in [-0.39, 0.29) is 17.1 Å². The van der Waals surface area contributed by atoms with Crippen LogP contribution in [0, 0.1) is 21.4 Å². The molecule has 25 heavy (non-hydrogen) atoms. The summed E-state index contributed by atoms with van der Waals surface area (Å²) in [5, 5.41) is 21.0. The van der Waals surface area contributed by atoms with Crippen LogP contribution in [0.15, 0.2) is 54.6 Å². The van der Waals surface area contributed by atoms with E-state index in [0.29, 0.717) is 21.8 Å². The molecule has 0 atom stereocenters. The topological polar surface area (TPSA) is 106 Å². The molecule has 6 nitrogen and oxygen atoms in total. The van der Waals surface area contributed by atoms with Crippen molar-refractivity contribution in [1.29, 1.82) is 5.26 Å². The second kappa shape index (κ2) is 6.59. The van der Waals surface area contributed by atoms with Gasteiger partial charge in [0, 0.05) is 28.3 Å². The summed E-state index contributed by atoms with van der Waals surface area (Å²) in [7, 11) is 0. The molecule has 0 radical (unpaired) electrons. The number of nitriles is 1. The molecule has 2 aromatic carbocycles. The van der Waals surface area contributed by atoms with Crippen LogP contribution in [0.3, 0.4) is 0 Å². The third-order valence-corrected chi connectivity index (χ3v) is 3.92. The molecular weight excluding hydrogens is 340 g/mol. The van der Waals surface area contributed by atoms with Gasteiger partial charge in [-0.1, -0.05) is 35.9 Å². The second-order valence-electron chi connectivity index (χ2n) is 5.24. The summed E-state index contributed by atoms with van der Waals surface area (Å²) in [6.45, 7) is 0. The van der Waals surface area contributed by atoms with Gasteiger partial charge in [-0.15, -0.1) is 0 Å². The molecule has 2 N–H and O–H groups in total. The summed E-state index contributed by atoms with van der Waals surface area (Å²) in [4.78, 5) is 14.7. The van der Waals surface area contributed by atoms with Crippen molar-refractivity contribution in [1.82, 2.24) is 4.98 Å². The lowest BCUT2D eigenvalue weighted by Crippen LogP contribution is -2.00. The smallest absolute Gasteiger partial charge is 0.270 e. The Kier molecular flexibility index (Phi) is 4.33. The average Bonchev–Trinajstić information content (AvgIpc) is 2.62. The quantitative estimate of drug-likeness (QED) is 0.555. The Hall–Kier alpha value is -3.43. The molecule has 0 spiro atoms. The van der Waals surface area contributed by atoms with Crippen molar-refractivity contribution in [3.8, 4) is 28.5 Å². The largest absolute Gasteiger partial charge is 0.383 e. The van der Waals surface area contributed by atoms with Crippen LogP contribution in [0.2, 0.25) is 5.02 Å². The molecule has 0 bridgehead atoms. The Morgan fingerprint density at radius 1 is 1.12 bits per heavy atom. The predicted molar refractivity (Wildman–Crippen MR) is 95.9 cm³/mol. The SMILES string of the molecule is N#Cc1c(-c2ccc(Cl)cc2)cc(-c2cccc([N+](=O)[O-])c2)nc1N. The average molecular weight is 351 g/mol. The molecule has 1 aromatic heterocycles. The van der Waals surface area contributed by atoms with Gasteiger partial charge in [-0.25, -0.2) is 4.98 Å². The first-order chi connectivity index (χ1) is 12.0. The molecule has 0 unspecified atom stereocenters. The number of non-ortho nitro benzene ring substituents is 1. The van der Waals surface area contributed by atoms with E-state index in [9.17, 15) is 15.4 Å². The van der Waals surface area contributed by atoms with Gasteiger partial charge in [0.15, 0.2) is 0 Å². The summed E-state index contributed by atoms with van der Waals surface area (Å²) < 4.78 is 0. The normalized spacial score (nSPS) is 10.2. The molecule has 3 rings (SSSR count). The molecule has 122 valence electrons. The zero-order valence-corrected chi connectivity index (χ0v) is 13.6. The van der Waals surface area contributed by atoms with Gasteiger partial charge in [-0.05, 0) is 23.8 Å². The first-order valence-corrected chi connectivity index (χ1v) is 7.59. The fourth-order valence-corrected chi connectivity index (χ4v) is 2.59. The molecule has 0 aliphatic rings. The van der Waals surface area contributed by atoms with Crippen molar-refractivity contribution in [2.75, 3.05) is 5.73 Å². The fourth-order valence-electron chi connectivity index (χ4n) is 2.47. The third kappa shape index (κ3) is 3.27. The van der Waals surface area contributed by atoms with Gasteiger partial charge in [0.1, 0.15) is 17.5 Å². The molecule has 1 heterocycles. The van der Waals surface area contributed by atoms with Gasteiger partial charge in [-0.2, -0.15) is 5.26 Å². The van der Waals surface area contributed by atoms with E-state index in [1.54, 1.807) is 42.5 Å². The zero-order valence-electron chi connectivity index (χ0n) is 12.8. The Balaban J connectivity index is 2.20. The summed E-state index contributed by atoms with van der Waals surface area (Å²) in [6.07, 6.45) is 0. The minimum atomic E-state index is -0.476. The highest BCUT2D eigenvalue weighted by molar-refractivity contribution is 6.30. The lowest BCUT2D eigenvalue weighted by Gasteiger charge is -2.10. The highest BCUT2D eigenvalue weighted by Crippen LogP contribution is 2.32. The molecular formula is C18H11ClN4O2. The Labute approximate surface area is 148 Å². The van der Waals surface area contributed by atoms with Crippen molar-refractivity contribution in [2.45, 2.75) is 0 Å². The number of aromatic nitrogens is 1. The number of rotatable bonds is 3. The fraction of sp³-hybridized carbons (Fsp3) is 0. The summed E-state index contributed by atoms with van der Waals surface area (Å²) in [5.41, 5.74) is 8.48. The van der Waals surface area contributed by atoms with Gasteiger partial charge in [0.2, 0.25) is 0 Å². The summed E-state index contributed by atoms with van der Waals surface area (Å²) in [6, 6.07) is 16.8. The van der Waals surface area contributed by atoms with Crippen molar-refractivity contribution in [3.05, 3.63) is 75.3 Å². The van der Waals surface area contributed by atoms with E-state index in [2.05, 4.69) is 11.1 Å². The number of benzene rings is 2. The van der Waals surface area contributed by atoms with Crippen LogP contribution in [0.4, 0.5) is 11.5 Å². The number of anilines is 1. The lowest BCUT2D eigenvalue weighted by molar-refractivity contribution is -0.384. The highest BCUT2D eigenvalue weighted by atomic mass is 35.5. The monoisotopic (exact) mass is 350 g/mol. The number of nitro benzene ring substituents is 1. The Bertz CT molecular complexity index is 1010. The molecule has 0 aliphatic heterocycles. The molecule has 0 saturated heterocycles. The number of nitro groups is 1. The maximum Gasteiger partial charge on any atom is 0.270 e. The molecule has 3 aromatic rings. The number of halogens is 1. The van der Waals surface area contributed by atoms with Gasteiger partial charge < -0.3 is 5.73 Å². The van der Waals surface area contributed by atoms with Gasteiger partial charge >= 0.3 is 0 Å². The Morgan fingerprint density at radius 3 is 2.48 bits per heavy atom. The van der Waals surface area contributed by atoms with Gasteiger partial charge in [0.25, 0.3) is 5.69 Å². The third-order valence-electron chi connectivity index (χ3n) is 3.67. The van der Waals surface area contributed by atoms with Crippen LogP contribution in [-0.2, 0) is 0 Å².